The number of hydrogen-bond acceptors (Lipinski definition) is 1. The number of unbranched alkanes of at least 4 members (excludes halogenated alkanes) is 8. The van der Waals surface area contributed by atoms with Crippen LogP contribution in [0, 0.1) is 0 Å². The molecule has 0 fully saturated rings. The van der Waals surface area contributed by atoms with Gasteiger partial charge in [-0.15, -0.1) is 0 Å². The summed E-state index contributed by atoms with van der Waals surface area (Å²) in [5.74, 6) is 0. The van der Waals surface area contributed by atoms with Crippen molar-refractivity contribution in [2.75, 3.05) is 6.61 Å². The van der Waals surface area contributed by atoms with E-state index < -0.39 is 0 Å². The van der Waals surface area contributed by atoms with Gasteiger partial charge in [0, 0.05) is 6.61 Å². The molecule has 0 spiro atoms. The van der Waals surface area contributed by atoms with Crippen LogP contribution in [0.1, 0.15) is 66.1 Å². The Bertz CT molecular complexity index is 71.7. The van der Waals surface area contributed by atoms with E-state index in [2.05, 4.69) is 6.92 Å². The molecule has 0 bridgehead atoms. The molecule has 0 aromatic carbocycles. The van der Waals surface area contributed by atoms with E-state index in [0.29, 0.717) is 6.61 Å². The zero-order valence-corrected chi connectivity index (χ0v) is 11.5. The van der Waals surface area contributed by atoms with Gasteiger partial charge >= 0.3 is 29.6 Å². The monoisotopic (exact) mass is 196 g/mol. The van der Waals surface area contributed by atoms with E-state index in [4.69, 9.17) is 5.11 Å². The van der Waals surface area contributed by atoms with Gasteiger partial charge in [-0.1, -0.05) is 58.3 Å². The fraction of sp³-hybridized carbons (Fsp3) is 1.00. The number of aliphatic hydroxyl groups excluding tert-OH is 1. The molecule has 0 aliphatic carbocycles. The quantitative estimate of drug-likeness (QED) is 0.423. The molecule has 0 atom stereocenters. The molecule has 0 rings (SSSR count). The first-order chi connectivity index (χ1) is 5.91. The Labute approximate surface area is 107 Å². The smallest absolute Gasteiger partial charge is 1.00 e. The van der Waals surface area contributed by atoms with Gasteiger partial charge in [-0.25, -0.2) is 0 Å². The molecule has 1 nitrogen and oxygen atoms in total. The second kappa shape index (κ2) is 15.4. The number of hydrogen-bond donors (Lipinski definition) is 1. The molecule has 0 radical (unpaired) electrons. The van der Waals surface area contributed by atoms with Crippen molar-refractivity contribution >= 4 is 0 Å². The van der Waals surface area contributed by atoms with Crippen LogP contribution < -0.4 is 29.6 Å². The Morgan fingerprint density at radius 2 is 1.15 bits per heavy atom. The van der Waals surface area contributed by atoms with Crippen LogP contribution in [0.3, 0.4) is 0 Å². The third-order valence-corrected chi connectivity index (χ3v) is 2.26. The minimum Gasteiger partial charge on any atom is -1.00 e. The van der Waals surface area contributed by atoms with Crippen LogP contribution in [0.15, 0.2) is 0 Å². The average molecular weight is 196 g/mol. The summed E-state index contributed by atoms with van der Waals surface area (Å²) in [4.78, 5) is 0. The van der Waals surface area contributed by atoms with E-state index in [1.54, 1.807) is 0 Å². The zero-order chi connectivity index (χ0) is 9.07. The van der Waals surface area contributed by atoms with Crippen molar-refractivity contribution in [2.45, 2.75) is 64.7 Å². The SMILES string of the molecule is CCCCCCCCCCCO.[H-].[Na+]. The van der Waals surface area contributed by atoms with Gasteiger partial charge in [0.05, 0.1) is 0 Å². The zero-order valence-electron chi connectivity index (χ0n) is 10.5. The molecule has 0 aromatic rings. The molecule has 13 heavy (non-hydrogen) atoms. The van der Waals surface area contributed by atoms with Gasteiger partial charge < -0.3 is 6.53 Å². The van der Waals surface area contributed by atoms with Gasteiger partial charge in [0.1, 0.15) is 0 Å². The van der Waals surface area contributed by atoms with Crippen LogP contribution in [-0.4, -0.2) is 11.7 Å². The van der Waals surface area contributed by atoms with Crippen molar-refractivity contribution in [3.63, 3.8) is 0 Å². The Morgan fingerprint density at radius 1 is 0.769 bits per heavy atom. The topological polar surface area (TPSA) is 20.2 Å². The Hall–Kier alpha value is 0.960. The second-order valence-corrected chi connectivity index (χ2v) is 3.55. The van der Waals surface area contributed by atoms with Crippen molar-refractivity contribution in [2.24, 2.45) is 0 Å². The molecule has 0 aliphatic heterocycles. The van der Waals surface area contributed by atoms with Crippen molar-refractivity contribution in [3.05, 3.63) is 0 Å². The molecule has 76 valence electrons. The van der Waals surface area contributed by atoms with E-state index in [0.717, 1.165) is 6.42 Å². The molecule has 0 aromatic heterocycles. The van der Waals surface area contributed by atoms with Crippen LogP contribution in [0.5, 0.6) is 0 Å². The van der Waals surface area contributed by atoms with Crippen LogP contribution in [0.25, 0.3) is 0 Å². The Morgan fingerprint density at radius 3 is 1.54 bits per heavy atom. The minimum atomic E-state index is 0. The number of rotatable bonds is 9. The molecule has 0 aliphatic rings. The van der Waals surface area contributed by atoms with Crippen molar-refractivity contribution in [1.82, 2.24) is 0 Å². The standard InChI is InChI=1S/C11H24O.Na.H/c1-2-3-4-5-6-7-8-9-10-11-12;;/h12H,2-11H2,1H3;;/q;+1;-1. The summed E-state index contributed by atoms with van der Waals surface area (Å²) in [6, 6.07) is 0. The van der Waals surface area contributed by atoms with Crippen LogP contribution >= 0.6 is 0 Å². The summed E-state index contributed by atoms with van der Waals surface area (Å²) in [5, 5.41) is 8.54. The molecule has 0 saturated carbocycles. The summed E-state index contributed by atoms with van der Waals surface area (Å²) in [6.45, 7) is 2.62. The van der Waals surface area contributed by atoms with Crippen molar-refractivity contribution in [1.29, 1.82) is 0 Å². The first kappa shape index (κ1) is 16.4. The first-order valence-corrected chi connectivity index (χ1v) is 5.52. The first-order valence-electron chi connectivity index (χ1n) is 5.52. The number of aliphatic hydroxyl groups is 1. The Kier molecular flexibility index (Phi) is 19.5. The maximum absolute atomic E-state index is 8.54. The molecule has 0 amide bonds. The fourth-order valence-electron chi connectivity index (χ4n) is 1.42. The Balaban J connectivity index is -0.000000605. The van der Waals surface area contributed by atoms with Gasteiger partial charge in [0.25, 0.3) is 0 Å². The van der Waals surface area contributed by atoms with Gasteiger partial charge in [-0.3, -0.25) is 0 Å². The maximum atomic E-state index is 8.54. The molecule has 1 N–H and O–H groups in total. The normalized spacial score (nSPS) is 9.69. The molecule has 0 unspecified atom stereocenters. The predicted molar refractivity (Wildman–Crippen MR) is 55.4 cm³/mol. The van der Waals surface area contributed by atoms with Gasteiger partial charge in [0.2, 0.25) is 0 Å². The second-order valence-electron chi connectivity index (χ2n) is 3.55. The van der Waals surface area contributed by atoms with Crippen LogP contribution in [-0.2, 0) is 0 Å². The molecule has 2 heteroatoms. The van der Waals surface area contributed by atoms with E-state index in [1.165, 1.54) is 51.4 Å². The minimum absolute atomic E-state index is 0. The van der Waals surface area contributed by atoms with Crippen LogP contribution in [0.2, 0.25) is 0 Å². The summed E-state index contributed by atoms with van der Waals surface area (Å²) in [7, 11) is 0. The fourth-order valence-corrected chi connectivity index (χ4v) is 1.42. The average Bonchev–Trinajstić information content (AvgIpc) is 2.10. The van der Waals surface area contributed by atoms with Crippen LogP contribution in [0.4, 0.5) is 0 Å². The summed E-state index contributed by atoms with van der Waals surface area (Å²) in [6.07, 6.45) is 11.8. The van der Waals surface area contributed by atoms with E-state index in [-0.39, 0.29) is 31.0 Å². The molecular weight excluding hydrogens is 171 g/mol. The molecule has 0 saturated heterocycles. The predicted octanol–water partition coefficient (Wildman–Crippen LogP) is 0.626. The van der Waals surface area contributed by atoms with E-state index in [1.807, 2.05) is 0 Å². The maximum Gasteiger partial charge on any atom is 1.00 e. The van der Waals surface area contributed by atoms with E-state index in [9.17, 15) is 0 Å². The summed E-state index contributed by atoms with van der Waals surface area (Å²) >= 11 is 0. The summed E-state index contributed by atoms with van der Waals surface area (Å²) in [5.41, 5.74) is 0. The van der Waals surface area contributed by atoms with Gasteiger partial charge in [-0.05, 0) is 6.42 Å². The third-order valence-electron chi connectivity index (χ3n) is 2.26. The van der Waals surface area contributed by atoms with Crippen molar-refractivity contribution < 1.29 is 36.1 Å². The van der Waals surface area contributed by atoms with Gasteiger partial charge in [0.15, 0.2) is 0 Å². The third kappa shape index (κ3) is 15.7. The largest absolute Gasteiger partial charge is 1.00 e. The molecular formula is C11H25NaO. The van der Waals surface area contributed by atoms with E-state index >= 15 is 0 Å². The summed E-state index contributed by atoms with van der Waals surface area (Å²) < 4.78 is 0. The molecule has 0 heterocycles. The van der Waals surface area contributed by atoms with Crippen molar-refractivity contribution in [3.8, 4) is 0 Å². The van der Waals surface area contributed by atoms with Gasteiger partial charge in [-0.2, -0.15) is 0 Å².